The third-order valence-electron chi connectivity index (χ3n) is 2.31. The number of hydrogen-bond donors (Lipinski definition) is 2. The van der Waals surface area contributed by atoms with Gasteiger partial charge >= 0.3 is 0 Å². The fraction of sp³-hybridized carbons (Fsp3) is 0.182. The van der Waals surface area contributed by atoms with E-state index in [4.69, 9.17) is 12.2 Å². The summed E-state index contributed by atoms with van der Waals surface area (Å²) >= 11 is 5.96. The number of aromatic amines is 1. The zero-order chi connectivity index (χ0) is 15.2. The van der Waals surface area contributed by atoms with Crippen molar-refractivity contribution in [1.29, 1.82) is 0 Å². The van der Waals surface area contributed by atoms with Crippen molar-refractivity contribution in [3.8, 4) is 5.69 Å². The van der Waals surface area contributed by atoms with Crippen molar-refractivity contribution in [2.45, 2.75) is 0 Å². The number of anilines is 1. The van der Waals surface area contributed by atoms with E-state index in [1.54, 1.807) is 24.3 Å². The van der Waals surface area contributed by atoms with E-state index in [2.05, 4.69) is 20.8 Å². The summed E-state index contributed by atoms with van der Waals surface area (Å²) in [6.07, 6.45) is 0. The van der Waals surface area contributed by atoms with Gasteiger partial charge in [-0.2, -0.15) is 5.21 Å². The first-order valence-corrected chi connectivity index (χ1v) is 7.30. The molecule has 2 N–H and O–H groups in total. The molecule has 0 atom stereocenters. The summed E-state index contributed by atoms with van der Waals surface area (Å²) in [4.78, 5) is 21.9. The first-order chi connectivity index (χ1) is 10.1. The van der Waals surface area contributed by atoms with Crippen LogP contribution in [0.4, 0.5) is 5.69 Å². The largest absolute Gasteiger partial charge is 0.549 e. The number of thioether (sulfide) groups is 1. The lowest BCUT2D eigenvalue weighted by molar-refractivity contribution is -0.301. The van der Waals surface area contributed by atoms with Crippen molar-refractivity contribution in [3.63, 3.8) is 0 Å². The van der Waals surface area contributed by atoms with Gasteiger partial charge in [0.05, 0.1) is 17.4 Å². The van der Waals surface area contributed by atoms with Crippen LogP contribution in [0.2, 0.25) is 0 Å². The van der Waals surface area contributed by atoms with Crippen molar-refractivity contribution in [1.82, 2.24) is 20.2 Å². The minimum Gasteiger partial charge on any atom is -0.549 e. The molecule has 0 fully saturated rings. The number of amides is 1. The van der Waals surface area contributed by atoms with Gasteiger partial charge in [-0.1, -0.05) is 16.4 Å². The van der Waals surface area contributed by atoms with Gasteiger partial charge in [0.15, 0.2) is 0 Å². The van der Waals surface area contributed by atoms with Crippen LogP contribution in [0, 0.1) is 4.77 Å². The molecule has 2 aromatic rings. The first kappa shape index (κ1) is 15.2. The van der Waals surface area contributed by atoms with Crippen LogP contribution in [0.15, 0.2) is 24.3 Å². The normalized spacial score (nSPS) is 10.3. The molecule has 21 heavy (non-hydrogen) atoms. The summed E-state index contributed by atoms with van der Waals surface area (Å²) in [7, 11) is 0. The zero-order valence-corrected chi connectivity index (χ0v) is 12.2. The second kappa shape index (κ2) is 6.99. The second-order valence-corrected chi connectivity index (χ2v) is 5.23. The highest BCUT2D eigenvalue weighted by Gasteiger charge is 2.05. The lowest BCUT2D eigenvalue weighted by Gasteiger charge is -2.07. The number of carboxylic acid groups (broad SMARTS) is 1. The molecular formula is C11H10N5O3S2-. The number of carbonyl (C=O) groups excluding carboxylic acids is 2. The zero-order valence-electron chi connectivity index (χ0n) is 10.6. The van der Waals surface area contributed by atoms with Crippen molar-refractivity contribution >= 4 is 41.5 Å². The number of tetrazole rings is 1. The molecule has 1 aromatic carbocycles. The van der Waals surface area contributed by atoms with Gasteiger partial charge in [0.1, 0.15) is 0 Å². The van der Waals surface area contributed by atoms with Crippen LogP contribution in [0.5, 0.6) is 0 Å². The molecule has 0 aliphatic rings. The molecule has 1 aromatic heterocycles. The van der Waals surface area contributed by atoms with Crippen molar-refractivity contribution in [2.24, 2.45) is 0 Å². The Morgan fingerprint density at radius 1 is 1.43 bits per heavy atom. The van der Waals surface area contributed by atoms with Gasteiger partial charge < -0.3 is 15.2 Å². The number of carboxylic acids is 1. The van der Waals surface area contributed by atoms with Gasteiger partial charge in [-0.25, -0.2) is 4.68 Å². The summed E-state index contributed by atoms with van der Waals surface area (Å²) in [6, 6.07) is 6.91. The smallest absolute Gasteiger partial charge is 0.242 e. The standard InChI is InChI=1S/C11H11N5O3S2/c17-9(5-21-6-10(18)19)12-7-2-1-3-8(4-7)16-11(20)13-14-15-16/h1-4H,5-6H2,(H,12,17)(H,18,19)(H,13,15,20)/p-1. The molecule has 10 heteroatoms. The minimum atomic E-state index is -1.20. The van der Waals surface area contributed by atoms with E-state index in [1.165, 1.54) is 4.68 Å². The fourth-order valence-electron chi connectivity index (χ4n) is 1.51. The Balaban J connectivity index is 2.01. The maximum atomic E-state index is 11.7. The third kappa shape index (κ3) is 4.39. The molecule has 1 heterocycles. The highest BCUT2D eigenvalue weighted by molar-refractivity contribution is 8.00. The van der Waals surface area contributed by atoms with Gasteiger partial charge in [-0.3, -0.25) is 4.79 Å². The lowest BCUT2D eigenvalue weighted by Crippen LogP contribution is -2.25. The molecule has 0 radical (unpaired) electrons. The Kier molecular flexibility index (Phi) is 5.06. The number of benzene rings is 1. The van der Waals surface area contributed by atoms with Gasteiger partial charge in [0, 0.05) is 11.4 Å². The average molecular weight is 324 g/mol. The number of H-pyrrole nitrogens is 1. The Morgan fingerprint density at radius 2 is 2.24 bits per heavy atom. The van der Waals surface area contributed by atoms with Crippen molar-refractivity contribution in [3.05, 3.63) is 29.0 Å². The summed E-state index contributed by atoms with van der Waals surface area (Å²) < 4.78 is 1.75. The molecule has 0 bridgehead atoms. The van der Waals surface area contributed by atoms with Crippen LogP contribution in [0.1, 0.15) is 0 Å². The number of aromatic nitrogens is 4. The molecule has 110 valence electrons. The number of nitrogens with one attached hydrogen (secondary N) is 2. The summed E-state index contributed by atoms with van der Waals surface area (Å²) in [5.41, 5.74) is 1.23. The third-order valence-corrected chi connectivity index (χ3v) is 3.48. The average Bonchev–Trinajstić information content (AvgIpc) is 2.85. The van der Waals surface area contributed by atoms with Gasteiger partial charge in [0.25, 0.3) is 0 Å². The van der Waals surface area contributed by atoms with E-state index in [0.717, 1.165) is 11.8 Å². The Morgan fingerprint density at radius 3 is 2.90 bits per heavy atom. The van der Waals surface area contributed by atoms with Gasteiger partial charge in [-0.05, 0) is 30.4 Å². The van der Waals surface area contributed by atoms with E-state index < -0.39 is 5.97 Å². The highest BCUT2D eigenvalue weighted by atomic mass is 32.2. The Bertz CT molecular complexity index is 712. The second-order valence-electron chi connectivity index (χ2n) is 3.88. The van der Waals surface area contributed by atoms with E-state index in [1.807, 2.05) is 0 Å². The quantitative estimate of drug-likeness (QED) is 0.704. The van der Waals surface area contributed by atoms with Crippen LogP contribution in [-0.4, -0.2) is 43.6 Å². The summed E-state index contributed by atoms with van der Waals surface area (Å²) in [5, 5.41) is 22.8. The molecule has 0 aliphatic carbocycles. The molecular weight excluding hydrogens is 314 g/mol. The summed E-state index contributed by atoms with van der Waals surface area (Å²) in [6.45, 7) is 0. The first-order valence-electron chi connectivity index (χ1n) is 5.74. The molecule has 2 rings (SSSR count). The van der Waals surface area contributed by atoms with E-state index in [9.17, 15) is 14.7 Å². The topological polar surface area (TPSA) is 116 Å². The number of nitrogens with zero attached hydrogens (tertiary/aromatic N) is 3. The molecule has 8 nitrogen and oxygen atoms in total. The van der Waals surface area contributed by atoms with Gasteiger partial charge in [0.2, 0.25) is 10.7 Å². The highest BCUT2D eigenvalue weighted by Crippen LogP contribution is 2.14. The molecule has 0 saturated heterocycles. The Hall–Kier alpha value is -2.20. The molecule has 0 unspecified atom stereocenters. The number of carbonyl (C=O) groups is 2. The number of rotatable bonds is 6. The molecule has 0 saturated carbocycles. The maximum Gasteiger partial charge on any atom is 0.242 e. The van der Waals surface area contributed by atoms with Gasteiger partial charge in [-0.15, -0.1) is 11.8 Å². The molecule has 0 spiro atoms. The fourth-order valence-corrected chi connectivity index (χ4v) is 2.23. The predicted octanol–water partition coefficient (Wildman–Crippen LogP) is -0.254. The van der Waals surface area contributed by atoms with E-state index in [0.29, 0.717) is 11.4 Å². The van der Waals surface area contributed by atoms with Crippen LogP contribution in [0.25, 0.3) is 5.69 Å². The van der Waals surface area contributed by atoms with Crippen molar-refractivity contribution in [2.75, 3.05) is 16.8 Å². The van der Waals surface area contributed by atoms with Crippen LogP contribution < -0.4 is 10.4 Å². The van der Waals surface area contributed by atoms with Crippen molar-refractivity contribution < 1.29 is 14.7 Å². The molecule has 0 aliphatic heterocycles. The number of aliphatic carboxylic acids is 1. The summed E-state index contributed by atoms with van der Waals surface area (Å²) in [5.74, 6) is -1.69. The SMILES string of the molecule is O=C([O-])CSCC(=O)Nc1cccc(-n2[nH]nnc2=S)c1. The van der Waals surface area contributed by atoms with E-state index >= 15 is 0 Å². The van der Waals surface area contributed by atoms with Crippen LogP contribution >= 0.6 is 24.0 Å². The van der Waals surface area contributed by atoms with Crippen LogP contribution in [0.3, 0.4) is 0 Å². The molecule has 1 amide bonds. The Labute approximate surface area is 128 Å². The van der Waals surface area contributed by atoms with E-state index in [-0.39, 0.29) is 22.2 Å². The van der Waals surface area contributed by atoms with Crippen LogP contribution in [-0.2, 0) is 9.59 Å². The predicted molar refractivity (Wildman–Crippen MR) is 77.5 cm³/mol. The maximum absolute atomic E-state index is 11.7. The monoisotopic (exact) mass is 324 g/mol. The number of hydrogen-bond acceptors (Lipinski definition) is 7. The minimum absolute atomic E-state index is 0.0310. The lowest BCUT2D eigenvalue weighted by atomic mass is 10.3.